The van der Waals surface area contributed by atoms with Gasteiger partial charge in [-0.3, -0.25) is 4.79 Å². The Hall–Kier alpha value is -0.360. The van der Waals surface area contributed by atoms with Gasteiger partial charge in [0.2, 0.25) is 5.91 Å². The fraction of sp³-hybridized carbons (Fsp3) is 0.917. The number of hydrogen-bond donors (Lipinski definition) is 2. The van der Waals surface area contributed by atoms with Gasteiger partial charge < -0.3 is 20.5 Å². The molecule has 0 heterocycles. The van der Waals surface area contributed by atoms with Crippen molar-refractivity contribution in [1.29, 1.82) is 0 Å². The van der Waals surface area contributed by atoms with Crippen LogP contribution in [-0.4, -0.2) is 44.4 Å². The molecule has 0 aromatic carbocycles. The minimum Gasteiger partial charge on any atom is -0.383 e. The molecule has 0 spiro atoms. The maximum absolute atomic E-state index is 11.8. The van der Waals surface area contributed by atoms with Crippen LogP contribution in [-0.2, 0) is 14.3 Å². The summed E-state index contributed by atoms with van der Waals surface area (Å²) in [5.74, 6) is -0.164. The van der Waals surface area contributed by atoms with Gasteiger partial charge in [-0.15, -0.1) is 12.4 Å². The number of methoxy groups -OCH3 is 2. The van der Waals surface area contributed by atoms with E-state index < -0.39 is 6.04 Å². The van der Waals surface area contributed by atoms with E-state index in [0.717, 1.165) is 6.42 Å². The van der Waals surface area contributed by atoms with Gasteiger partial charge in [-0.2, -0.15) is 0 Å². The van der Waals surface area contributed by atoms with E-state index in [1.165, 1.54) is 7.11 Å². The number of nitrogens with two attached hydrogens (primary N) is 1. The van der Waals surface area contributed by atoms with Gasteiger partial charge in [-0.25, -0.2) is 0 Å². The Morgan fingerprint density at radius 3 is 2.39 bits per heavy atom. The van der Waals surface area contributed by atoms with Crippen LogP contribution in [0.2, 0.25) is 0 Å². The number of halogens is 1. The van der Waals surface area contributed by atoms with Crippen LogP contribution in [0.1, 0.15) is 27.2 Å². The third kappa shape index (κ3) is 2.96. The molecule has 1 aliphatic carbocycles. The lowest BCUT2D eigenvalue weighted by atomic mass is 9.56. The van der Waals surface area contributed by atoms with E-state index >= 15 is 0 Å². The van der Waals surface area contributed by atoms with E-state index in [2.05, 4.69) is 26.1 Å². The van der Waals surface area contributed by atoms with Gasteiger partial charge in [0.25, 0.3) is 0 Å². The molecule has 1 rings (SSSR count). The van der Waals surface area contributed by atoms with Crippen LogP contribution in [0.3, 0.4) is 0 Å². The Morgan fingerprint density at radius 1 is 1.44 bits per heavy atom. The Morgan fingerprint density at radius 2 is 2.00 bits per heavy atom. The van der Waals surface area contributed by atoms with E-state index in [4.69, 9.17) is 15.2 Å². The Balaban J connectivity index is 0.00000289. The minimum absolute atomic E-state index is 0. The van der Waals surface area contributed by atoms with Crippen molar-refractivity contribution in [3.8, 4) is 0 Å². The van der Waals surface area contributed by atoms with Crippen LogP contribution >= 0.6 is 12.4 Å². The summed E-state index contributed by atoms with van der Waals surface area (Å²) in [5.41, 5.74) is 5.40. The number of hydrogen-bond acceptors (Lipinski definition) is 4. The van der Waals surface area contributed by atoms with Crippen LogP contribution in [0.15, 0.2) is 0 Å². The van der Waals surface area contributed by atoms with E-state index in [0.29, 0.717) is 0 Å². The van der Waals surface area contributed by atoms with Gasteiger partial charge in [-0.1, -0.05) is 13.8 Å². The summed E-state index contributed by atoms with van der Waals surface area (Å²) in [4.78, 5) is 11.8. The highest BCUT2D eigenvalue weighted by molar-refractivity contribution is 5.85. The van der Waals surface area contributed by atoms with Crippen LogP contribution in [0, 0.1) is 5.41 Å². The number of carbonyl (C=O) groups is 1. The summed E-state index contributed by atoms with van der Waals surface area (Å²) in [6, 6.07) is -0.506. The Bertz CT molecular complexity index is 299. The molecule has 0 bridgehead atoms. The second-order valence-electron chi connectivity index (χ2n) is 5.48. The van der Waals surface area contributed by atoms with E-state index in [1.807, 2.05) is 0 Å². The summed E-state index contributed by atoms with van der Waals surface area (Å²) in [6.45, 7) is 6.48. The predicted molar refractivity (Wildman–Crippen MR) is 72.8 cm³/mol. The topological polar surface area (TPSA) is 73.6 Å². The molecule has 5 nitrogen and oxygen atoms in total. The quantitative estimate of drug-likeness (QED) is 0.778. The second kappa shape index (κ2) is 6.19. The van der Waals surface area contributed by atoms with Crippen molar-refractivity contribution in [2.45, 2.75) is 44.9 Å². The van der Waals surface area contributed by atoms with Gasteiger partial charge in [0.1, 0.15) is 6.04 Å². The Labute approximate surface area is 115 Å². The molecule has 0 aromatic heterocycles. The molecule has 3 N–H and O–H groups in total. The first kappa shape index (κ1) is 17.6. The van der Waals surface area contributed by atoms with E-state index in [9.17, 15) is 4.79 Å². The van der Waals surface area contributed by atoms with E-state index in [1.54, 1.807) is 7.11 Å². The fourth-order valence-corrected chi connectivity index (χ4v) is 2.26. The maximum atomic E-state index is 11.8. The maximum Gasteiger partial charge on any atom is 0.239 e. The van der Waals surface area contributed by atoms with Gasteiger partial charge in [0, 0.05) is 25.7 Å². The van der Waals surface area contributed by atoms with Crippen LogP contribution in [0.5, 0.6) is 0 Å². The average Bonchev–Trinajstić information content (AvgIpc) is 2.28. The molecule has 1 amide bonds. The molecule has 1 fully saturated rings. The fourth-order valence-electron chi connectivity index (χ4n) is 2.26. The van der Waals surface area contributed by atoms with Crippen molar-refractivity contribution in [3.63, 3.8) is 0 Å². The lowest BCUT2D eigenvalue weighted by Crippen LogP contribution is -2.69. The summed E-state index contributed by atoms with van der Waals surface area (Å²) < 4.78 is 10.4. The molecule has 18 heavy (non-hydrogen) atoms. The molecule has 3 unspecified atom stereocenters. The zero-order valence-electron chi connectivity index (χ0n) is 11.8. The molecule has 0 aromatic rings. The molecule has 6 heteroatoms. The molecule has 0 aliphatic heterocycles. The average molecular weight is 281 g/mol. The largest absolute Gasteiger partial charge is 0.383 e. The highest BCUT2D eigenvalue weighted by Crippen LogP contribution is 2.51. The van der Waals surface area contributed by atoms with Crippen molar-refractivity contribution < 1.29 is 14.3 Å². The highest BCUT2D eigenvalue weighted by atomic mass is 35.5. The smallest absolute Gasteiger partial charge is 0.239 e. The van der Waals surface area contributed by atoms with Crippen molar-refractivity contribution in [2.24, 2.45) is 11.1 Å². The van der Waals surface area contributed by atoms with Gasteiger partial charge >= 0.3 is 0 Å². The summed E-state index contributed by atoms with van der Waals surface area (Å²) in [6.07, 6.45) is 0.807. The molecular weight excluding hydrogens is 256 g/mol. The van der Waals surface area contributed by atoms with Crippen LogP contribution in [0.4, 0.5) is 0 Å². The number of carbonyl (C=O) groups excluding carboxylic acids is 1. The third-order valence-electron chi connectivity index (χ3n) is 4.28. The molecule has 3 atom stereocenters. The van der Waals surface area contributed by atoms with E-state index in [-0.39, 0.29) is 42.0 Å². The molecule has 0 radical (unpaired) electrons. The zero-order chi connectivity index (χ0) is 13.3. The number of nitrogens with one attached hydrogen (secondary N) is 1. The summed E-state index contributed by atoms with van der Waals surface area (Å²) >= 11 is 0. The molecule has 0 saturated heterocycles. The number of amides is 1. The minimum atomic E-state index is -0.606. The van der Waals surface area contributed by atoms with Crippen molar-refractivity contribution in [1.82, 2.24) is 5.32 Å². The standard InChI is InChI=1S/C12H24N2O3.ClH/c1-11(2)9(6-12(11,3)17-5)14-10(15)8(13)7-16-4;/h8-9H,6-7,13H2,1-5H3,(H,14,15);1H. The first-order chi connectivity index (χ1) is 7.78. The summed E-state index contributed by atoms with van der Waals surface area (Å²) in [7, 11) is 3.23. The monoisotopic (exact) mass is 280 g/mol. The first-order valence-corrected chi connectivity index (χ1v) is 5.88. The first-order valence-electron chi connectivity index (χ1n) is 5.88. The number of ether oxygens (including phenoxy) is 2. The Kier molecular flexibility index (Phi) is 6.07. The molecule has 1 aliphatic rings. The highest BCUT2D eigenvalue weighted by Gasteiger charge is 2.58. The van der Waals surface area contributed by atoms with Gasteiger partial charge in [0.05, 0.1) is 12.2 Å². The van der Waals surface area contributed by atoms with Gasteiger partial charge in [0.15, 0.2) is 0 Å². The van der Waals surface area contributed by atoms with Crippen molar-refractivity contribution in [3.05, 3.63) is 0 Å². The normalized spacial score (nSPS) is 30.9. The van der Waals surface area contributed by atoms with Crippen molar-refractivity contribution >= 4 is 18.3 Å². The zero-order valence-corrected chi connectivity index (χ0v) is 12.6. The SMILES string of the molecule is COCC(N)C(=O)NC1CC(C)(OC)C1(C)C.Cl. The lowest BCUT2D eigenvalue weighted by Gasteiger charge is -2.59. The number of rotatable bonds is 5. The van der Waals surface area contributed by atoms with Gasteiger partial charge in [-0.05, 0) is 13.3 Å². The molecular formula is C12H25ClN2O3. The van der Waals surface area contributed by atoms with Crippen LogP contribution < -0.4 is 11.1 Å². The van der Waals surface area contributed by atoms with Crippen molar-refractivity contribution in [2.75, 3.05) is 20.8 Å². The molecule has 108 valence electrons. The second-order valence-corrected chi connectivity index (χ2v) is 5.48. The predicted octanol–water partition coefficient (Wildman–Crippen LogP) is 0.702. The van der Waals surface area contributed by atoms with Crippen LogP contribution in [0.25, 0.3) is 0 Å². The lowest BCUT2D eigenvalue weighted by molar-refractivity contribution is -0.182. The third-order valence-corrected chi connectivity index (χ3v) is 4.28. The summed E-state index contributed by atoms with van der Waals surface area (Å²) in [5, 5.41) is 2.96. The molecule has 1 saturated carbocycles.